The van der Waals surface area contributed by atoms with E-state index in [2.05, 4.69) is 18.8 Å². The fraction of sp³-hybridized carbons (Fsp3) is 0.462. The molecular formula is C13H18N2O3. The molecule has 18 heavy (non-hydrogen) atoms. The Hall–Kier alpha value is -1.91. The Morgan fingerprint density at radius 2 is 2.11 bits per heavy atom. The van der Waals surface area contributed by atoms with E-state index in [9.17, 15) is 4.79 Å². The number of benzene rings is 1. The second-order valence-electron chi connectivity index (χ2n) is 4.96. The van der Waals surface area contributed by atoms with Crippen LogP contribution in [0.4, 0.5) is 5.69 Å². The first-order valence-electron chi connectivity index (χ1n) is 6.04. The molecule has 0 fully saturated rings. The van der Waals surface area contributed by atoms with E-state index < -0.39 is 5.76 Å². The minimum absolute atomic E-state index is 0.0726. The SMILES string of the molecule is CC(C)CC(C)Oc1cc2[nH]c(=O)oc2cc1N. The number of hydrogen-bond donors (Lipinski definition) is 2. The number of rotatable bonds is 4. The number of H-pyrrole nitrogens is 1. The van der Waals surface area contributed by atoms with Gasteiger partial charge >= 0.3 is 5.76 Å². The van der Waals surface area contributed by atoms with E-state index in [0.717, 1.165) is 6.42 Å². The van der Waals surface area contributed by atoms with Crippen molar-refractivity contribution in [3.05, 3.63) is 22.7 Å². The first-order chi connectivity index (χ1) is 8.45. The number of ether oxygens (including phenoxy) is 1. The summed E-state index contributed by atoms with van der Waals surface area (Å²) in [4.78, 5) is 13.7. The number of nitrogens with two attached hydrogens (primary N) is 1. The largest absolute Gasteiger partial charge is 0.488 e. The Bertz CT molecular complexity index is 598. The van der Waals surface area contributed by atoms with Gasteiger partial charge in [-0.05, 0) is 19.3 Å². The van der Waals surface area contributed by atoms with Crippen LogP contribution in [0.3, 0.4) is 0 Å². The first kappa shape index (κ1) is 12.5. The molecule has 0 saturated heterocycles. The Morgan fingerprint density at radius 1 is 1.39 bits per heavy atom. The number of oxazole rings is 1. The molecule has 98 valence electrons. The van der Waals surface area contributed by atoms with Crippen molar-refractivity contribution < 1.29 is 9.15 Å². The molecule has 0 radical (unpaired) electrons. The van der Waals surface area contributed by atoms with Crippen LogP contribution in [0.15, 0.2) is 21.3 Å². The molecule has 0 bridgehead atoms. The van der Waals surface area contributed by atoms with Gasteiger partial charge in [-0.3, -0.25) is 4.98 Å². The molecule has 2 rings (SSSR count). The van der Waals surface area contributed by atoms with Gasteiger partial charge in [-0.1, -0.05) is 13.8 Å². The van der Waals surface area contributed by atoms with E-state index in [0.29, 0.717) is 28.5 Å². The highest BCUT2D eigenvalue weighted by atomic mass is 16.5. The fourth-order valence-corrected chi connectivity index (χ4v) is 2.02. The maximum Gasteiger partial charge on any atom is 0.417 e. The lowest BCUT2D eigenvalue weighted by Gasteiger charge is -2.17. The molecule has 1 unspecified atom stereocenters. The highest BCUT2D eigenvalue weighted by Crippen LogP contribution is 2.28. The van der Waals surface area contributed by atoms with Gasteiger partial charge in [-0.15, -0.1) is 0 Å². The van der Waals surface area contributed by atoms with Crippen LogP contribution in [0.2, 0.25) is 0 Å². The molecule has 0 spiro atoms. The van der Waals surface area contributed by atoms with Crippen LogP contribution < -0.4 is 16.2 Å². The van der Waals surface area contributed by atoms with Crippen LogP contribution in [0.5, 0.6) is 5.75 Å². The summed E-state index contributed by atoms with van der Waals surface area (Å²) in [6.07, 6.45) is 1.02. The topological polar surface area (TPSA) is 81.2 Å². The Kier molecular flexibility index (Phi) is 3.32. The summed E-state index contributed by atoms with van der Waals surface area (Å²) < 4.78 is 10.7. The van der Waals surface area contributed by atoms with E-state index in [-0.39, 0.29) is 6.10 Å². The van der Waals surface area contributed by atoms with E-state index in [1.165, 1.54) is 0 Å². The number of nitrogens with one attached hydrogen (secondary N) is 1. The van der Waals surface area contributed by atoms with Crippen molar-refractivity contribution >= 4 is 16.8 Å². The maximum absolute atomic E-state index is 11.1. The van der Waals surface area contributed by atoms with E-state index in [1.807, 2.05) is 6.92 Å². The third kappa shape index (κ3) is 2.67. The number of nitrogen functional groups attached to an aromatic ring is 1. The van der Waals surface area contributed by atoms with Gasteiger partial charge in [0.25, 0.3) is 0 Å². The van der Waals surface area contributed by atoms with Gasteiger partial charge in [-0.2, -0.15) is 0 Å². The first-order valence-corrected chi connectivity index (χ1v) is 6.04. The van der Waals surface area contributed by atoms with E-state index >= 15 is 0 Å². The summed E-state index contributed by atoms with van der Waals surface area (Å²) in [6.45, 7) is 6.28. The Balaban J connectivity index is 2.27. The minimum atomic E-state index is -0.489. The Morgan fingerprint density at radius 3 is 2.78 bits per heavy atom. The number of hydrogen-bond acceptors (Lipinski definition) is 4. The maximum atomic E-state index is 11.1. The molecule has 0 aliphatic carbocycles. The minimum Gasteiger partial charge on any atom is -0.488 e. The molecule has 2 aromatic rings. The standard InChI is InChI=1S/C13H18N2O3/c1-7(2)4-8(3)17-11-6-10-12(5-9(11)14)18-13(16)15-10/h5-8H,4,14H2,1-3H3,(H,15,16). The van der Waals surface area contributed by atoms with Gasteiger partial charge in [0.05, 0.1) is 17.3 Å². The van der Waals surface area contributed by atoms with E-state index in [1.54, 1.807) is 12.1 Å². The molecule has 1 heterocycles. The molecule has 0 saturated carbocycles. The third-order valence-electron chi connectivity index (χ3n) is 2.68. The fourth-order valence-electron chi connectivity index (χ4n) is 2.02. The average Bonchev–Trinajstić information content (AvgIpc) is 2.56. The predicted molar refractivity (Wildman–Crippen MR) is 70.8 cm³/mol. The van der Waals surface area contributed by atoms with E-state index in [4.69, 9.17) is 14.9 Å². The summed E-state index contributed by atoms with van der Waals surface area (Å²) in [5.74, 6) is 0.642. The zero-order valence-corrected chi connectivity index (χ0v) is 10.8. The summed E-state index contributed by atoms with van der Waals surface area (Å²) in [7, 11) is 0. The zero-order chi connectivity index (χ0) is 13.3. The monoisotopic (exact) mass is 250 g/mol. The van der Waals surface area contributed by atoms with Crippen LogP contribution in [0.1, 0.15) is 27.2 Å². The summed E-state index contributed by atoms with van der Waals surface area (Å²) in [5.41, 5.74) is 7.39. The lowest BCUT2D eigenvalue weighted by atomic mass is 10.1. The molecule has 3 N–H and O–H groups in total. The number of anilines is 1. The number of fused-ring (bicyclic) bond motifs is 1. The molecule has 1 aromatic carbocycles. The second kappa shape index (κ2) is 4.76. The summed E-state index contributed by atoms with van der Waals surface area (Å²) in [6, 6.07) is 3.30. The van der Waals surface area contributed by atoms with Crippen molar-refractivity contribution in [2.24, 2.45) is 5.92 Å². The van der Waals surface area contributed by atoms with Crippen LogP contribution in [0, 0.1) is 5.92 Å². The number of aromatic amines is 1. The molecule has 0 aliphatic rings. The average molecular weight is 250 g/mol. The van der Waals surface area contributed by atoms with Crippen LogP contribution >= 0.6 is 0 Å². The highest BCUT2D eigenvalue weighted by molar-refractivity contribution is 5.80. The molecule has 0 aliphatic heterocycles. The van der Waals surface area contributed by atoms with Crippen LogP contribution in [0.25, 0.3) is 11.1 Å². The van der Waals surface area contributed by atoms with Crippen LogP contribution in [-0.4, -0.2) is 11.1 Å². The normalized spacial score (nSPS) is 13.1. The highest BCUT2D eigenvalue weighted by Gasteiger charge is 2.12. The second-order valence-corrected chi connectivity index (χ2v) is 4.96. The van der Waals surface area contributed by atoms with Crippen molar-refractivity contribution in [3.8, 4) is 5.75 Å². The van der Waals surface area contributed by atoms with Crippen molar-refractivity contribution in [3.63, 3.8) is 0 Å². The van der Waals surface area contributed by atoms with Crippen molar-refractivity contribution in [2.45, 2.75) is 33.3 Å². The van der Waals surface area contributed by atoms with Gasteiger partial charge in [0, 0.05) is 12.1 Å². The summed E-state index contributed by atoms with van der Waals surface area (Å²) >= 11 is 0. The molecule has 0 amide bonds. The van der Waals surface area contributed by atoms with Gasteiger partial charge < -0.3 is 14.9 Å². The van der Waals surface area contributed by atoms with Gasteiger partial charge in [0.2, 0.25) is 0 Å². The Labute approximate surface area is 105 Å². The quantitative estimate of drug-likeness (QED) is 0.817. The van der Waals surface area contributed by atoms with Gasteiger partial charge in [0.1, 0.15) is 5.75 Å². The molecule has 5 nitrogen and oxygen atoms in total. The smallest absolute Gasteiger partial charge is 0.417 e. The lowest BCUT2D eigenvalue weighted by molar-refractivity contribution is 0.194. The zero-order valence-electron chi connectivity index (χ0n) is 10.8. The molecule has 1 atom stereocenters. The summed E-state index contributed by atoms with van der Waals surface area (Å²) in [5, 5.41) is 0. The van der Waals surface area contributed by atoms with Crippen molar-refractivity contribution in [1.82, 2.24) is 4.98 Å². The van der Waals surface area contributed by atoms with Crippen molar-refractivity contribution in [1.29, 1.82) is 0 Å². The van der Waals surface area contributed by atoms with Gasteiger partial charge in [0.15, 0.2) is 5.58 Å². The third-order valence-corrected chi connectivity index (χ3v) is 2.68. The van der Waals surface area contributed by atoms with Crippen LogP contribution in [-0.2, 0) is 0 Å². The molecule has 5 heteroatoms. The molecular weight excluding hydrogens is 232 g/mol. The van der Waals surface area contributed by atoms with Crippen molar-refractivity contribution in [2.75, 3.05) is 5.73 Å². The number of aromatic nitrogens is 1. The molecule has 1 aromatic heterocycles. The predicted octanol–water partition coefficient (Wildman–Crippen LogP) is 2.52. The lowest BCUT2D eigenvalue weighted by Crippen LogP contribution is -2.15. The van der Waals surface area contributed by atoms with Gasteiger partial charge in [-0.25, -0.2) is 4.79 Å².